The Morgan fingerprint density at radius 1 is 1.21 bits per heavy atom. The zero-order valence-electron chi connectivity index (χ0n) is 11.9. The highest BCUT2D eigenvalue weighted by Gasteiger charge is 2.41. The van der Waals surface area contributed by atoms with Crippen LogP contribution in [0.25, 0.3) is 0 Å². The van der Waals surface area contributed by atoms with Crippen molar-refractivity contribution < 1.29 is 14.7 Å². The molecule has 0 atom stereocenters. The third-order valence-corrected chi connectivity index (χ3v) is 4.70. The van der Waals surface area contributed by atoms with Crippen molar-refractivity contribution in [3.63, 3.8) is 0 Å². The van der Waals surface area contributed by atoms with Gasteiger partial charge in [-0.05, 0) is 44.9 Å². The van der Waals surface area contributed by atoms with Crippen molar-refractivity contribution in [3.8, 4) is 0 Å². The summed E-state index contributed by atoms with van der Waals surface area (Å²) < 4.78 is 0. The van der Waals surface area contributed by atoms with Gasteiger partial charge in [0, 0.05) is 18.6 Å². The van der Waals surface area contributed by atoms with Gasteiger partial charge in [0.05, 0.1) is 6.42 Å². The maximum Gasteiger partial charge on any atom is 0.317 e. The van der Waals surface area contributed by atoms with E-state index in [-0.39, 0.29) is 23.4 Å². The maximum absolute atomic E-state index is 12.2. The number of nitrogens with one attached hydrogen (secondary N) is 1. The number of nitrogens with zero attached hydrogens (tertiary/aromatic N) is 1. The summed E-state index contributed by atoms with van der Waals surface area (Å²) in [6, 6.07) is -0.0424. The second-order valence-corrected chi connectivity index (χ2v) is 6.65. The Hall–Kier alpha value is -1.26. The first-order chi connectivity index (χ1) is 8.85. The number of urea groups is 1. The standard InChI is InChI=1S/C14H24N2O3/c1-13(2)5-4-8-16(13)12(19)15-10-14(6-3-7-14)9-11(17)18/h3-10H2,1-2H3,(H,15,19)(H,17,18). The molecule has 0 aromatic rings. The van der Waals surface area contributed by atoms with Gasteiger partial charge in [0.2, 0.25) is 0 Å². The van der Waals surface area contributed by atoms with Crippen LogP contribution in [0.15, 0.2) is 0 Å². The predicted molar refractivity (Wildman–Crippen MR) is 72.0 cm³/mol. The summed E-state index contributed by atoms with van der Waals surface area (Å²) in [6.45, 7) is 5.45. The summed E-state index contributed by atoms with van der Waals surface area (Å²) in [5.74, 6) is -0.768. The van der Waals surface area contributed by atoms with Crippen LogP contribution in [0.5, 0.6) is 0 Å². The second-order valence-electron chi connectivity index (χ2n) is 6.65. The Morgan fingerprint density at radius 3 is 2.32 bits per heavy atom. The molecule has 0 aromatic carbocycles. The van der Waals surface area contributed by atoms with Crippen molar-refractivity contribution in [1.82, 2.24) is 10.2 Å². The molecule has 1 saturated carbocycles. The van der Waals surface area contributed by atoms with E-state index in [1.54, 1.807) is 0 Å². The minimum absolute atomic E-state index is 0.0424. The van der Waals surface area contributed by atoms with E-state index in [9.17, 15) is 9.59 Å². The van der Waals surface area contributed by atoms with Crippen LogP contribution in [0.4, 0.5) is 4.79 Å². The molecule has 1 aliphatic heterocycles. The molecule has 2 amide bonds. The van der Waals surface area contributed by atoms with Gasteiger partial charge in [0.25, 0.3) is 0 Å². The molecule has 1 heterocycles. The number of carbonyl (C=O) groups is 2. The van der Waals surface area contributed by atoms with Gasteiger partial charge in [-0.3, -0.25) is 4.79 Å². The van der Waals surface area contributed by atoms with E-state index < -0.39 is 5.97 Å². The molecule has 2 rings (SSSR count). The third-order valence-electron chi connectivity index (χ3n) is 4.70. The predicted octanol–water partition coefficient (Wildman–Crippen LogP) is 2.22. The Balaban J connectivity index is 1.88. The first kappa shape index (κ1) is 14.2. The molecule has 0 bridgehead atoms. The van der Waals surface area contributed by atoms with Gasteiger partial charge >= 0.3 is 12.0 Å². The first-order valence-electron chi connectivity index (χ1n) is 7.12. The van der Waals surface area contributed by atoms with E-state index in [1.165, 1.54) is 0 Å². The van der Waals surface area contributed by atoms with Gasteiger partial charge in [-0.25, -0.2) is 4.79 Å². The van der Waals surface area contributed by atoms with Gasteiger partial charge in [-0.2, -0.15) is 0 Å². The van der Waals surface area contributed by atoms with Crippen LogP contribution in [-0.4, -0.2) is 40.6 Å². The summed E-state index contributed by atoms with van der Waals surface area (Å²) in [5.41, 5.74) is -0.283. The van der Waals surface area contributed by atoms with Crippen LogP contribution in [0.1, 0.15) is 52.4 Å². The number of carbonyl (C=O) groups excluding carboxylic acids is 1. The lowest BCUT2D eigenvalue weighted by Gasteiger charge is -2.41. The molecule has 1 aliphatic carbocycles. The lowest BCUT2D eigenvalue weighted by atomic mass is 9.66. The van der Waals surface area contributed by atoms with E-state index in [2.05, 4.69) is 19.2 Å². The van der Waals surface area contributed by atoms with E-state index in [1.807, 2.05) is 4.90 Å². The Labute approximate surface area is 114 Å². The molecule has 5 nitrogen and oxygen atoms in total. The Kier molecular flexibility index (Phi) is 3.74. The highest BCUT2D eigenvalue weighted by Crippen LogP contribution is 2.43. The molecular weight excluding hydrogens is 244 g/mol. The van der Waals surface area contributed by atoms with Crippen LogP contribution < -0.4 is 5.32 Å². The fourth-order valence-corrected chi connectivity index (χ4v) is 3.26. The van der Waals surface area contributed by atoms with E-state index in [0.29, 0.717) is 6.54 Å². The summed E-state index contributed by atoms with van der Waals surface area (Å²) in [5, 5.41) is 11.9. The lowest BCUT2D eigenvalue weighted by molar-refractivity contribution is -0.141. The van der Waals surface area contributed by atoms with Crippen LogP contribution in [0, 0.1) is 5.41 Å². The first-order valence-corrected chi connectivity index (χ1v) is 7.12. The van der Waals surface area contributed by atoms with Crippen molar-refractivity contribution in [3.05, 3.63) is 0 Å². The highest BCUT2D eigenvalue weighted by atomic mass is 16.4. The number of hydrogen-bond donors (Lipinski definition) is 2. The van der Waals surface area contributed by atoms with E-state index >= 15 is 0 Å². The Morgan fingerprint density at radius 2 is 1.89 bits per heavy atom. The van der Waals surface area contributed by atoms with Crippen LogP contribution in [-0.2, 0) is 4.79 Å². The molecule has 108 valence electrons. The minimum atomic E-state index is -0.768. The van der Waals surface area contributed by atoms with Crippen molar-refractivity contribution in [1.29, 1.82) is 0 Å². The molecule has 5 heteroatoms. The van der Waals surface area contributed by atoms with Gasteiger partial charge < -0.3 is 15.3 Å². The van der Waals surface area contributed by atoms with Gasteiger partial charge in [0.1, 0.15) is 0 Å². The Bertz CT molecular complexity index is 375. The van der Waals surface area contributed by atoms with Crippen molar-refractivity contribution in [2.24, 2.45) is 5.41 Å². The number of aliphatic carboxylic acids is 1. The average Bonchev–Trinajstić information content (AvgIpc) is 2.61. The number of carboxylic acids is 1. The zero-order chi connectivity index (χ0) is 14.1. The maximum atomic E-state index is 12.2. The van der Waals surface area contributed by atoms with E-state index in [0.717, 1.165) is 38.6 Å². The molecule has 0 radical (unpaired) electrons. The van der Waals surface area contributed by atoms with Gasteiger partial charge in [0.15, 0.2) is 0 Å². The van der Waals surface area contributed by atoms with Crippen LogP contribution in [0.3, 0.4) is 0 Å². The smallest absolute Gasteiger partial charge is 0.317 e. The van der Waals surface area contributed by atoms with Crippen molar-refractivity contribution in [2.75, 3.05) is 13.1 Å². The summed E-state index contributed by atoms with van der Waals surface area (Å²) in [7, 11) is 0. The van der Waals surface area contributed by atoms with Gasteiger partial charge in [-0.15, -0.1) is 0 Å². The molecule has 0 unspecified atom stereocenters. The highest BCUT2D eigenvalue weighted by molar-refractivity contribution is 5.75. The largest absolute Gasteiger partial charge is 0.481 e. The summed E-state index contributed by atoms with van der Waals surface area (Å²) in [4.78, 5) is 25.0. The number of carboxylic acid groups (broad SMARTS) is 1. The monoisotopic (exact) mass is 268 g/mol. The average molecular weight is 268 g/mol. The van der Waals surface area contributed by atoms with Crippen molar-refractivity contribution >= 4 is 12.0 Å². The number of rotatable bonds is 4. The molecule has 0 aromatic heterocycles. The zero-order valence-corrected chi connectivity index (χ0v) is 11.9. The molecular formula is C14H24N2O3. The fraction of sp³-hybridized carbons (Fsp3) is 0.857. The third kappa shape index (κ3) is 3.01. The molecule has 2 aliphatic rings. The molecule has 2 N–H and O–H groups in total. The molecule has 19 heavy (non-hydrogen) atoms. The normalized spacial score (nSPS) is 23.8. The number of likely N-dealkylation sites (tertiary alicyclic amines) is 1. The molecule has 2 fully saturated rings. The van der Waals surface area contributed by atoms with Crippen LogP contribution in [0.2, 0.25) is 0 Å². The minimum Gasteiger partial charge on any atom is -0.481 e. The molecule has 0 spiro atoms. The second kappa shape index (κ2) is 5.02. The quantitative estimate of drug-likeness (QED) is 0.821. The number of amides is 2. The summed E-state index contributed by atoms with van der Waals surface area (Å²) in [6.07, 6.45) is 5.11. The van der Waals surface area contributed by atoms with Crippen molar-refractivity contribution in [2.45, 2.75) is 57.9 Å². The topological polar surface area (TPSA) is 69.6 Å². The van der Waals surface area contributed by atoms with Gasteiger partial charge in [-0.1, -0.05) is 6.42 Å². The number of hydrogen-bond acceptors (Lipinski definition) is 2. The SMILES string of the molecule is CC1(C)CCCN1C(=O)NCC1(CC(=O)O)CCC1. The van der Waals surface area contributed by atoms with E-state index in [4.69, 9.17) is 5.11 Å². The summed E-state index contributed by atoms with van der Waals surface area (Å²) >= 11 is 0. The molecule has 1 saturated heterocycles. The van der Waals surface area contributed by atoms with Crippen LogP contribution >= 0.6 is 0 Å². The fourth-order valence-electron chi connectivity index (χ4n) is 3.26. The lowest BCUT2D eigenvalue weighted by Crippen LogP contribution is -2.51.